The van der Waals surface area contributed by atoms with E-state index in [4.69, 9.17) is 13.9 Å². The lowest BCUT2D eigenvalue weighted by Crippen LogP contribution is -2.49. The van der Waals surface area contributed by atoms with Crippen LogP contribution in [0.3, 0.4) is 0 Å². The zero-order valence-electron chi connectivity index (χ0n) is 15.2. The van der Waals surface area contributed by atoms with E-state index in [1.807, 2.05) is 19.9 Å². The first kappa shape index (κ1) is 18.8. The fraction of sp³-hybridized carbons (Fsp3) is 0.444. The smallest absolute Gasteiger partial charge is 0.437 e. The van der Waals surface area contributed by atoms with Gasteiger partial charge in [-0.05, 0) is 26.0 Å². The predicted molar refractivity (Wildman–Crippen MR) is 93.7 cm³/mol. The summed E-state index contributed by atoms with van der Waals surface area (Å²) in [6, 6.07) is 8.85. The molecule has 9 heteroatoms. The Morgan fingerprint density at radius 1 is 1.19 bits per heavy atom. The Kier molecular flexibility index (Phi) is 5.70. The molecule has 3 rings (SSSR count). The summed E-state index contributed by atoms with van der Waals surface area (Å²) in [5, 5.41) is 3.98. The maximum absolute atomic E-state index is 12.2. The number of carbonyl (C=O) groups excluding carboxylic acids is 2. The molecule has 9 nitrogen and oxygen atoms in total. The van der Waals surface area contributed by atoms with Gasteiger partial charge in [-0.1, -0.05) is 18.2 Å². The lowest BCUT2D eigenvalue weighted by Gasteiger charge is -2.35. The zero-order chi connectivity index (χ0) is 19.4. The van der Waals surface area contributed by atoms with Crippen LogP contribution in [-0.2, 0) is 25.6 Å². The van der Waals surface area contributed by atoms with Crippen molar-refractivity contribution >= 4 is 11.9 Å². The number of amides is 1. The van der Waals surface area contributed by atoms with Crippen LogP contribution in [0.5, 0.6) is 0 Å². The van der Waals surface area contributed by atoms with Gasteiger partial charge in [0.25, 0.3) is 5.91 Å². The van der Waals surface area contributed by atoms with Crippen molar-refractivity contribution in [3.05, 3.63) is 40.9 Å². The van der Waals surface area contributed by atoms with Crippen molar-refractivity contribution in [2.45, 2.75) is 32.6 Å². The Morgan fingerprint density at radius 2 is 1.85 bits per heavy atom. The summed E-state index contributed by atoms with van der Waals surface area (Å²) < 4.78 is 16.5. The second kappa shape index (κ2) is 8.17. The number of rotatable bonds is 5. The molecule has 1 aromatic carbocycles. The maximum atomic E-state index is 12.2. The van der Waals surface area contributed by atoms with E-state index in [1.165, 1.54) is 0 Å². The number of carbonyl (C=O) groups is 2. The van der Waals surface area contributed by atoms with E-state index in [2.05, 4.69) is 5.10 Å². The van der Waals surface area contributed by atoms with Crippen molar-refractivity contribution in [2.75, 3.05) is 19.7 Å². The second-order valence-electron chi connectivity index (χ2n) is 6.41. The number of aromatic nitrogens is 2. The van der Waals surface area contributed by atoms with Gasteiger partial charge in [-0.2, -0.15) is 4.68 Å². The quantitative estimate of drug-likeness (QED) is 0.708. The molecule has 1 aliphatic heterocycles. The Bertz CT molecular complexity index is 849. The highest BCUT2D eigenvalue weighted by molar-refractivity contribution is 5.80. The molecule has 2 aromatic rings. The third-order valence-electron chi connectivity index (χ3n) is 4.03. The van der Waals surface area contributed by atoms with E-state index in [0.29, 0.717) is 18.7 Å². The summed E-state index contributed by atoms with van der Waals surface area (Å²) in [6.07, 6.45) is -0.142. The van der Waals surface area contributed by atoms with Gasteiger partial charge < -0.3 is 18.8 Å². The predicted octanol–water partition coefficient (Wildman–Crippen LogP) is 0.682. The normalized spacial score (nSPS) is 19.7. The average Bonchev–Trinajstić information content (AvgIpc) is 3.00. The number of hydrogen-bond donors (Lipinski definition) is 0. The lowest BCUT2D eigenvalue weighted by atomic mass is 10.2. The van der Waals surface area contributed by atoms with Gasteiger partial charge in [0, 0.05) is 18.7 Å². The SMILES string of the molecule is C[C@@H]1CN(C(=O)COC(=O)Cn2nc(-c3ccccc3)oc2=O)C[C@@H](C)O1. The van der Waals surface area contributed by atoms with Gasteiger partial charge >= 0.3 is 11.7 Å². The fourth-order valence-corrected chi connectivity index (χ4v) is 2.89. The van der Waals surface area contributed by atoms with Gasteiger partial charge in [0.15, 0.2) is 6.61 Å². The highest BCUT2D eigenvalue weighted by Crippen LogP contribution is 2.14. The first-order valence-corrected chi connectivity index (χ1v) is 8.64. The molecule has 0 N–H and O–H groups in total. The van der Waals surface area contributed by atoms with E-state index in [1.54, 1.807) is 29.2 Å². The summed E-state index contributed by atoms with van der Waals surface area (Å²) in [7, 11) is 0. The van der Waals surface area contributed by atoms with Gasteiger partial charge in [-0.3, -0.25) is 9.59 Å². The molecule has 1 amide bonds. The van der Waals surface area contributed by atoms with Crippen LogP contribution in [0, 0.1) is 0 Å². The minimum Gasteiger partial charge on any atom is -0.454 e. The Hall–Kier alpha value is -2.94. The van der Waals surface area contributed by atoms with Crippen molar-refractivity contribution < 1.29 is 23.5 Å². The zero-order valence-corrected chi connectivity index (χ0v) is 15.2. The van der Waals surface area contributed by atoms with Crippen LogP contribution in [0.1, 0.15) is 13.8 Å². The maximum Gasteiger partial charge on any atom is 0.437 e. The molecule has 27 heavy (non-hydrogen) atoms. The number of ether oxygens (including phenoxy) is 2. The van der Waals surface area contributed by atoms with Gasteiger partial charge in [0.2, 0.25) is 5.89 Å². The summed E-state index contributed by atoms with van der Waals surface area (Å²) in [5.41, 5.74) is 0.618. The molecule has 2 atom stereocenters. The first-order chi connectivity index (χ1) is 12.9. The molecule has 0 aliphatic carbocycles. The summed E-state index contributed by atoms with van der Waals surface area (Å²) in [6.45, 7) is 3.83. The molecular formula is C18H21N3O6. The van der Waals surface area contributed by atoms with E-state index >= 15 is 0 Å². The highest BCUT2D eigenvalue weighted by Gasteiger charge is 2.26. The van der Waals surface area contributed by atoms with Crippen LogP contribution in [0.15, 0.2) is 39.5 Å². The highest BCUT2D eigenvalue weighted by atomic mass is 16.5. The van der Waals surface area contributed by atoms with Crippen molar-refractivity contribution in [3.63, 3.8) is 0 Å². The Balaban J connectivity index is 1.55. The van der Waals surface area contributed by atoms with Crippen LogP contribution in [0.2, 0.25) is 0 Å². The number of morpholine rings is 1. The lowest BCUT2D eigenvalue weighted by molar-refractivity contribution is -0.157. The number of nitrogens with zero attached hydrogens (tertiary/aromatic N) is 3. The molecule has 0 radical (unpaired) electrons. The molecular weight excluding hydrogens is 354 g/mol. The molecule has 2 heterocycles. The summed E-state index contributed by atoms with van der Waals surface area (Å²) in [4.78, 5) is 37.6. The minimum absolute atomic E-state index is 0.0708. The second-order valence-corrected chi connectivity index (χ2v) is 6.41. The molecule has 1 aliphatic rings. The number of hydrogen-bond acceptors (Lipinski definition) is 7. The molecule has 0 spiro atoms. The molecule has 0 bridgehead atoms. The summed E-state index contributed by atoms with van der Waals surface area (Å²) >= 11 is 0. The van der Waals surface area contributed by atoms with Crippen molar-refractivity contribution in [3.8, 4) is 11.5 Å². The van der Waals surface area contributed by atoms with E-state index in [0.717, 1.165) is 4.68 Å². The van der Waals surface area contributed by atoms with Crippen molar-refractivity contribution in [2.24, 2.45) is 0 Å². The van der Waals surface area contributed by atoms with Crippen LogP contribution in [0.25, 0.3) is 11.5 Å². The molecule has 1 saturated heterocycles. The fourth-order valence-electron chi connectivity index (χ4n) is 2.89. The van der Waals surface area contributed by atoms with Crippen LogP contribution >= 0.6 is 0 Å². The molecule has 0 saturated carbocycles. The third kappa shape index (κ3) is 4.82. The van der Waals surface area contributed by atoms with Gasteiger partial charge in [0.05, 0.1) is 12.2 Å². The van der Waals surface area contributed by atoms with Crippen molar-refractivity contribution in [1.82, 2.24) is 14.7 Å². The standard InChI is InChI=1S/C18H21N3O6/c1-12-8-20(9-13(2)26-12)15(22)11-25-16(23)10-21-18(24)27-17(19-21)14-6-4-3-5-7-14/h3-7,12-13H,8-11H2,1-2H3/t12-,13-/m1/s1. The monoisotopic (exact) mass is 375 g/mol. The van der Waals surface area contributed by atoms with Crippen LogP contribution < -0.4 is 5.76 Å². The van der Waals surface area contributed by atoms with Crippen LogP contribution in [-0.4, -0.2) is 58.5 Å². The van der Waals surface area contributed by atoms with Gasteiger partial charge in [0.1, 0.15) is 6.54 Å². The Morgan fingerprint density at radius 3 is 2.52 bits per heavy atom. The molecule has 0 unspecified atom stereocenters. The van der Waals surface area contributed by atoms with Crippen LogP contribution in [0.4, 0.5) is 0 Å². The molecule has 1 fully saturated rings. The van der Waals surface area contributed by atoms with Crippen molar-refractivity contribution in [1.29, 1.82) is 0 Å². The first-order valence-electron chi connectivity index (χ1n) is 8.64. The Labute approximate surface area is 155 Å². The molecule has 1 aromatic heterocycles. The van der Waals surface area contributed by atoms with E-state index < -0.39 is 24.9 Å². The summed E-state index contributed by atoms with van der Waals surface area (Å²) in [5.74, 6) is -1.70. The minimum atomic E-state index is -0.770. The van der Waals surface area contributed by atoms with Gasteiger partial charge in [-0.15, -0.1) is 5.10 Å². The topological polar surface area (TPSA) is 104 Å². The van der Waals surface area contributed by atoms with Gasteiger partial charge in [-0.25, -0.2) is 4.79 Å². The largest absolute Gasteiger partial charge is 0.454 e. The van der Waals surface area contributed by atoms with E-state index in [9.17, 15) is 14.4 Å². The molecule has 144 valence electrons. The van der Waals surface area contributed by atoms with E-state index in [-0.39, 0.29) is 24.0 Å². The third-order valence-corrected chi connectivity index (χ3v) is 4.03. The average molecular weight is 375 g/mol. The number of benzene rings is 1. The number of esters is 1.